The van der Waals surface area contributed by atoms with Crippen LogP contribution >= 0.6 is 11.8 Å². The van der Waals surface area contributed by atoms with Gasteiger partial charge in [-0.05, 0) is 43.3 Å². The molecule has 0 N–H and O–H groups in total. The van der Waals surface area contributed by atoms with Crippen molar-refractivity contribution in [1.82, 2.24) is 15.1 Å². The van der Waals surface area contributed by atoms with E-state index >= 15 is 0 Å². The zero-order valence-electron chi connectivity index (χ0n) is 15.3. The molecule has 3 aromatic rings. The zero-order chi connectivity index (χ0) is 18.7. The van der Waals surface area contributed by atoms with E-state index in [1.807, 2.05) is 56.3 Å². The Morgan fingerprint density at radius 2 is 1.69 bits per heavy atom. The number of carbonyl (C=O) groups is 1. The Kier molecular flexibility index (Phi) is 5.42. The van der Waals surface area contributed by atoms with Crippen molar-refractivity contribution in [2.45, 2.75) is 24.3 Å². The Balaban J connectivity index is 1.88. The van der Waals surface area contributed by atoms with Crippen LogP contribution in [0, 0.1) is 13.8 Å². The highest BCUT2D eigenvalue weighted by molar-refractivity contribution is 8.00. The number of rotatable bonds is 5. The molecule has 0 saturated carbocycles. The van der Waals surface area contributed by atoms with Crippen molar-refractivity contribution in [2.75, 3.05) is 14.1 Å². The molecule has 0 saturated heterocycles. The number of benzene rings is 2. The van der Waals surface area contributed by atoms with Crippen LogP contribution in [-0.4, -0.2) is 35.1 Å². The van der Waals surface area contributed by atoms with Crippen molar-refractivity contribution in [2.24, 2.45) is 0 Å². The number of amides is 1. The van der Waals surface area contributed by atoms with E-state index in [0.29, 0.717) is 11.1 Å². The maximum atomic E-state index is 12.6. The summed E-state index contributed by atoms with van der Waals surface area (Å²) in [7, 11) is 3.49. The number of likely N-dealkylation sites (N-methyl/N-ethyl adjacent to an activating group) is 1. The van der Waals surface area contributed by atoms with Gasteiger partial charge in [-0.25, -0.2) is 0 Å². The number of aryl methyl sites for hydroxylation is 2. The zero-order valence-corrected chi connectivity index (χ0v) is 16.1. The maximum absolute atomic E-state index is 12.6. The van der Waals surface area contributed by atoms with Gasteiger partial charge in [0.05, 0.1) is 0 Å². The minimum absolute atomic E-state index is 0.0210. The molecule has 6 heteroatoms. The molecule has 3 rings (SSSR count). The Hall–Kier alpha value is -2.60. The highest BCUT2D eigenvalue weighted by atomic mass is 32.2. The summed E-state index contributed by atoms with van der Waals surface area (Å²) in [4.78, 5) is 14.2. The van der Waals surface area contributed by atoms with E-state index in [1.54, 1.807) is 19.0 Å². The van der Waals surface area contributed by atoms with Crippen molar-refractivity contribution in [3.05, 3.63) is 65.2 Å². The first-order valence-electron chi connectivity index (χ1n) is 8.29. The van der Waals surface area contributed by atoms with Gasteiger partial charge in [-0.15, -0.1) is 10.2 Å². The van der Waals surface area contributed by atoms with Gasteiger partial charge in [0.2, 0.25) is 11.8 Å². The third-order valence-corrected chi connectivity index (χ3v) is 4.94. The minimum atomic E-state index is -0.432. The van der Waals surface area contributed by atoms with E-state index in [4.69, 9.17) is 4.42 Å². The minimum Gasteiger partial charge on any atom is -0.411 e. The lowest BCUT2D eigenvalue weighted by Crippen LogP contribution is -2.26. The molecule has 1 aromatic heterocycles. The van der Waals surface area contributed by atoms with Crippen LogP contribution in [-0.2, 0) is 4.79 Å². The number of thioether (sulfide) groups is 1. The van der Waals surface area contributed by atoms with Gasteiger partial charge in [0.1, 0.15) is 5.25 Å². The van der Waals surface area contributed by atoms with Crippen LogP contribution < -0.4 is 0 Å². The SMILES string of the molecule is Cc1cc(C)cc(-c2nnc(SC(C(=O)N(C)C)c3ccccc3)o2)c1. The quantitative estimate of drug-likeness (QED) is 0.630. The first-order chi connectivity index (χ1) is 12.4. The van der Waals surface area contributed by atoms with E-state index in [2.05, 4.69) is 16.3 Å². The summed E-state index contributed by atoms with van der Waals surface area (Å²) < 4.78 is 5.83. The number of hydrogen-bond donors (Lipinski definition) is 0. The Morgan fingerprint density at radius 3 is 2.31 bits per heavy atom. The molecule has 1 unspecified atom stereocenters. The van der Waals surface area contributed by atoms with Crippen LogP contribution in [0.1, 0.15) is 21.9 Å². The van der Waals surface area contributed by atoms with Crippen molar-refractivity contribution < 1.29 is 9.21 Å². The molecule has 0 spiro atoms. The van der Waals surface area contributed by atoms with Crippen LogP contribution in [0.15, 0.2) is 58.2 Å². The van der Waals surface area contributed by atoms with Gasteiger partial charge in [0, 0.05) is 19.7 Å². The Bertz CT molecular complexity index is 886. The lowest BCUT2D eigenvalue weighted by atomic mass is 10.1. The van der Waals surface area contributed by atoms with Gasteiger partial charge in [-0.2, -0.15) is 0 Å². The fraction of sp³-hybridized carbons (Fsp3) is 0.250. The predicted molar refractivity (Wildman–Crippen MR) is 103 cm³/mol. The van der Waals surface area contributed by atoms with Gasteiger partial charge in [0.15, 0.2) is 0 Å². The van der Waals surface area contributed by atoms with E-state index in [-0.39, 0.29) is 5.91 Å². The van der Waals surface area contributed by atoms with Gasteiger partial charge in [-0.1, -0.05) is 47.5 Å². The summed E-state index contributed by atoms with van der Waals surface area (Å²) >= 11 is 1.27. The average Bonchev–Trinajstić information content (AvgIpc) is 3.08. The molecule has 0 aliphatic carbocycles. The maximum Gasteiger partial charge on any atom is 0.277 e. The van der Waals surface area contributed by atoms with Crippen molar-refractivity contribution in [3.8, 4) is 11.5 Å². The van der Waals surface area contributed by atoms with E-state index < -0.39 is 5.25 Å². The van der Waals surface area contributed by atoms with Crippen LogP contribution in [0.4, 0.5) is 0 Å². The molecular weight excluding hydrogens is 346 g/mol. The lowest BCUT2D eigenvalue weighted by Gasteiger charge is -2.18. The normalized spacial score (nSPS) is 12.0. The van der Waals surface area contributed by atoms with E-state index in [0.717, 1.165) is 22.3 Å². The molecule has 0 aliphatic rings. The molecule has 0 bridgehead atoms. The summed E-state index contributed by atoms with van der Waals surface area (Å²) in [6, 6.07) is 15.7. The smallest absolute Gasteiger partial charge is 0.277 e. The lowest BCUT2D eigenvalue weighted by molar-refractivity contribution is -0.128. The molecule has 5 nitrogen and oxygen atoms in total. The van der Waals surface area contributed by atoms with Gasteiger partial charge in [0.25, 0.3) is 5.22 Å². The summed E-state index contributed by atoms with van der Waals surface area (Å²) in [6.45, 7) is 4.06. The largest absolute Gasteiger partial charge is 0.411 e. The highest BCUT2D eigenvalue weighted by Gasteiger charge is 2.26. The second-order valence-electron chi connectivity index (χ2n) is 6.39. The number of nitrogens with zero attached hydrogens (tertiary/aromatic N) is 3. The van der Waals surface area contributed by atoms with Crippen LogP contribution in [0.5, 0.6) is 0 Å². The molecule has 1 atom stereocenters. The highest BCUT2D eigenvalue weighted by Crippen LogP contribution is 2.36. The topological polar surface area (TPSA) is 59.2 Å². The Labute approximate surface area is 157 Å². The molecule has 0 radical (unpaired) electrons. The summed E-state index contributed by atoms with van der Waals surface area (Å²) in [5.74, 6) is 0.441. The Morgan fingerprint density at radius 1 is 1.04 bits per heavy atom. The van der Waals surface area contributed by atoms with E-state index in [9.17, 15) is 4.79 Å². The summed E-state index contributed by atoms with van der Waals surface area (Å²) in [5.41, 5.74) is 4.06. The van der Waals surface area contributed by atoms with Crippen LogP contribution in [0.3, 0.4) is 0 Å². The van der Waals surface area contributed by atoms with Gasteiger partial charge >= 0.3 is 0 Å². The van der Waals surface area contributed by atoms with Crippen LogP contribution in [0.25, 0.3) is 11.5 Å². The van der Waals surface area contributed by atoms with Crippen molar-refractivity contribution >= 4 is 17.7 Å². The van der Waals surface area contributed by atoms with Crippen molar-refractivity contribution in [3.63, 3.8) is 0 Å². The third kappa shape index (κ3) is 4.14. The van der Waals surface area contributed by atoms with Crippen molar-refractivity contribution in [1.29, 1.82) is 0 Å². The molecular formula is C20H21N3O2S. The standard InChI is InChI=1S/C20H21N3O2S/c1-13-10-14(2)12-16(11-13)18-21-22-20(25-18)26-17(19(24)23(3)4)15-8-6-5-7-9-15/h5-12,17H,1-4H3. The molecule has 0 fully saturated rings. The number of aromatic nitrogens is 2. The monoisotopic (exact) mass is 367 g/mol. The molecule has 1 heterocycles. The molecule has 134 valence electrons. The predicted octanol–water partition coefficient (Wildman–Crippen LogP) is 4.28. The van der Waals surface area contributed by atoms with Crippen LogP contribution in [0.2, 0.25) is 0 Å². The first-order valence-corrected chi connectivity index (χ1v) is 9.17. The van der Waals surface area contributed by atoms with E-state index in [1.165, 1.54) is 11.8 Å². The van der Waals surface area contributed by atoms with Gasteiger partial charge in [-0.3, -0.25) is 4.79 Å². The fourth-order valence-electron chi connectivity index (χ4n) is 2.70. The average molecular weight is 367 g/mol. The first kappa shape index (κ1) is 18.2. The van der Waals surface area contributed by atoms with Gasteiger partial charge < -0.3 is 9.32 Å². The number of hydrogen-bond acceptors (Lipinski definition) is 5. The molecule has 26 heavy (non-hydrogen) atoms. The summed E-state index contributed by atoms with van der Waals surface area (Å²) in [5, 5.41) is 8.24. The fourth-order valence-corrected chi connectivity index (χ4v) is 3.72. The number of carbonyl (C=O) groups excluding carboxylic acids is 1. The second kappa shape index (κ2) is 7.74. The third-order valence-electron chi connectivity index (χ3n) is 3.86. The summed E-state index contributed by atoms with van der Waals surface area (Å²) in [6.07, 6.45) is 0. The molecule has 0 aliphatic heterocycles. The molecule has 2 aromatic carbocycles. The molecule has 1 amide bonds. The second-order valence-corrected chi connectivity index (χ2v) is 7.45.